The first kappa shape index (κ1) is 11.0. The average Bonchev–Trinajstić information content (AvgIpc) is 2.99. The van der Waals surface area contributed by atoms with Crippen molar-refractivity contribution in [3.63, 3.8) is 0 Å². The van der Waals surface area contributed by atoms with E-state index in [1.165, 1.54) is 0 Å². The van der Waals surface area contributed by atoms with Crippen LogP contribution in [-0.2, 0) is 0 Å². The fourth-order valence-electron chi connectivity index (χ4n) is 1.74. The van der Waals surface area contributed by atoms with E-state index in [4.69, 9.17) is 23.2 Å². The fraction of sp³-hybridized carbons (Fsp3) is 0.417. The van der Waals surface area contributed by atoms with E-state index in [2.05, 4.69) is 0 Å². The third kappa shape index (κ3) is 2.35. The summed E-state index contributed by atoms with van der Waals surface area (Å²) in [4.78, 5) is 12.0. The number of ketones is 1. The molecular weight excluding hydrogens is 231 g/mol. The largest absolute Gasteiger partial charge is 0.294 e. The zero-order valence-corrected chi connectivity index (χ0v) is 9.98. The molecule has 1 fully saturated rings. The van der Waals surface area contributed by atoms with Crippen LogP contribution in [0.3, 0.4) is 0 Å². The summed E-state index contributed by atoms with van der Waals surface area (Å²) in [7, 11) is 0. The Bertz CT molecular complexity index is 397. The molecule has 15 heavy (non-hydrogen) atoms. The molecule has 0 N–H and O–H groups in total. The van der Waals surface area contributed by atoms with Gasteiger partial charge < -0.3 is 0 Å². The lowest BCUT2D eigenvalue weighted by Crippen LogP contribution is -2.13. The van der Waals surface area contributed by atoms with Crippen molar-refractivity contribution in [2.75, 3.05) is 0 Å². The number of rotatable bonds is 3. The van der Waals surface area contributed by atoms with E-state index >= 15 is 0 Å². The van der Waals surface area contributed by atoms with Crippen LogP contribution in [0.2, 0.25) is 10.0 Å². The van der Waals surface area contributed by atoms with Gasteiger partial charge in [0.2, 0.25) is 0 Å². The lowest BCUT2D eigenvalue weighted by molar-refractivity contribution is 0.0916. The molecule has 1 aromatic carbocycles. The summed E-state index contributed by atoms with van der Waals surface area (Å²) in [6.07, 6.45) is 2.33. The van der Waals surface area contributed by atoms with Gasteiger partial charge in [-0.25, -0.2) is 0 Å². The van der Waals surface area contributed by atoms with Crippen molar-refractivity contribution in [1.29, 1.82) is 0 Å². The Kier molecular flexibility index (Phi) is 3.03. The van der Waals surface area contributed by atoms with Crippen molar-refractivity contribution in [2.24, 2.45) is 11.8 Å². The maximum atomic E-state index is 12.0. The molecule has 2 rings (SSSR count). The van der Waals surface area contributed by atoms with Gasteiger partial charge in [-0.05, 0) is 37.0 Å². The highest BCUT2D eigenvalue weighted by Gasteiger charge is 2.33. The quantitative estimate of drug-likeness (QED) is 0.726. The van der Waals surface area contributed by atoms with Gasteiger partial charge in [0.05, 0.1) is 5.02 Å². The highest BCUT2D eigenvalue weighted by molar-refractivity contribution is 6.36. The van der Waals surface area contributed by atoms with Crippen LogP contribution in [0.5, 0.6) is 0 Å². The van der Waals surface area contributed by atoms with Crippen LogP contribution < -0.4 is 0 Å². The number of carbonyl (C=O) groups is 1. The van der Waals surface area contributed by atoms with Crippen LogP contribution in [-0.4, -0.2) is 5.78 Å². The van der Waals surface area contributed by atoms with Gasteiger partial charge in [-0.2, -0.15) is 0 Å². The zero-order valence-electron chi connectivity index (χ0n) is 8.47. The number of benzene rings is 1. The van der Waals surface area contributed by atoms with Crippen molar-refractivity contribution in [3.05, 3.63) is 33.8 Å². The van der Waals surface area contributed by atoms with Gasteiger partial charge in [-0.1, -0.05) is 30.1 Å². The predicted molar refractivity (Wildman–Crippen MR) is 62.7 cm³/mol. The predicted octanol–water partition coefficient (Wildman–Crippen LogP) is 4.22. The van der Waals surface area contributed by atoms with Crippen LogP contribution >= 0.6 is 23.2 Å². The van der Waals surface area contributed by atoms with Crippen LogP contribution in [0.15, 0.2) is 18.2 Å². The van der Waals surface area contributed by atoms with E-state index in [9.17, 15) is 4.79 Å². The summed E-state index contributed by atoms with van der Waals surface area (Å²) in [6.45, 7) is 1.98. The molecule has 1 atom stereocenters. The van der Waals surface area contributed by atoms with Gasteiger partial charge in [0.1, 0.15) is 0 Å². The minimum atomic E-state index is 0.0867. The number of Topliss-reactive ketones (excluding diaryl/α,β-unsaturated/α-hetero) is 1. The first-order valence-corrected chi connectivity index (χ1v) is 5.84. The monoisotopic (exact) mass is 242 g/mol. The van der Waals surface area contributed by atoms with Gasteiger partial charge in [0.15, 0.2) is 5.78 Å². The molecule has 0 saturated heterocycles. The molecule has 0 amide bonds. The second-order valence-electron chi connectivity index (χ2n) is 4.11. The Labute approximate surface area is 99.4 Å². The molecule has 0 heterocycles. The summed E-state index contributed by atoms with van der Waals surface area (Å²) in [5, 5.41) is 1.02. The van der Waals surface area contributed by atoms with Crippen LogP contribution in [0.25, 0.3) is 0 Å². The molecule has 3 heteroatoms. The molecule has 0 radical (unpaired) electrons. The Balaban J connectivity index is 2.24. The lowest BCUT2D eigenvalue weighted by Gasteiger charge is -2.10. The molecule has 1 aliphatic rings. The highest BCUT2D eigenvalue weighted by atomic mass is 35.5. The van der Waals surface area contributed by atoms with E-state index < -0.39 is 0 Å². The van der Waals surface area contributed by atoms with Gasteiger partial charge in [-0.3, -0.25) is 4.79 Å². The average molecular weight is 243 g/mol. The SMILES string of the molecule is CC(C(=O)c1ccc(Cl)cc1Cl)C1CC1. The smallest absolute Gasteiger partial charge is 0.167 e. The Morgan fingerprint density at radius 1 is 1.40 bits per heavy atom. The van der Waals surface area contributed by atoms with E-state index in [0.717, 1.165) is 12.8 Å². The van der Waals surface area contributed by atoms with Crippen molar-refractivity contribution in [2.45, 2.75) is 19.8 Å². The lowest BCUT2D eigenvalue weighted by atomic mass is 9.95. The highest BCUT2D eigenvalue weighted by Crippen LogP contribution is 2.39. The third-order valence-electron chi connectivity index (χ3n) is 2.94. The van der Waals surface area contributed by atoms with E-state index in [1.807, 2.05) is 6.92 Å². The van der Waals surface area contributed by atoms with Crippen molar-refractivity contribution in [3.8, 4) is 0 Å². The van der Waals surface area contributed by atoms with Gasteiger partial charge in [-0.15, -0.1) is 0 Å². The maximum absolute atomic E-state index is 12.0. The summed E-state index contributed by atoms with van der Waals surface area (Å²) >= 11 is 11.8. The molecular formula is C12H12Cl2O. The Morgan fingerprint density at radius 3 is 2.60 bits per heavy atom. The van der Waals surface area contributed by atoms with Crippen LogP contribution in [0, 0.1) is 11.8 Å². The van der Waals surface area contributed by atoms with E-state index in [1.54, 1.807) is 18.2 Å². The van der Waals surface area contributed by atoms with Crippen molar-refractivity contribution >= 4 is 29.0 Å². The molecule has 1 unspecified atom stereocenters. The second kappa shape index (κ2) is 4.15. The second-order valence-corrected chi connectivity index (χ2v) is 4.96. The molecule has 1 saturated carbocycles. The molecule has 80 valence electrons. The zero-order chi connectivity index (χ0) is 11.0. The number of hydrogen-bond donors (Lipinski definition) is 0. The standard InChI is InChI=1S/C12H12Cl2O/c1-7(8-2-3-8)12(15)10-5-4-9(13)6-11(10)14/h4-8H,2-3H2,1H3. The molecule has 0 bridgehead atoms. The molecule has 1 aromatic rings. The number of hydrogen-bond acceptors (Lipinski definition) is 1. The third-order valence-corrected chi connectivity index (χ3v) is 3.49. The first-order valence-electron chi connectivity index (χ1n) is 5.09. The fourth-order valence-corrected chi connectivity index (χ4v) is 2.25. The van der Waals surface area contributed by atoms with Crippen molar-refractivity contribution < 1.29 is 4.79 Å². The van der Waals surface area contributed by atoms with Crippen LogP contribution in [0.1, 0.15) is 30.1 Å². The Morgan fingerprint density at radius 2 is 2.07 bits per heavy atom. The van der Waals surface area contributed by atoms with E-state index in [-0.39, 0.29) is 11.7 Å². The number of halogens is 2. The van der Waals surface area contributed by atoms with Gasteiger partial charge >= 0.3 is 0 Å². The first-order chi connectivity index (χ1) is 7.09. The Hall–Kier alpha value is -0.530. The molecule has 0 spiro atoms. The van der Waals surface area contributed by atoms with E-state index in [0.29, 0.717) is 21.5 Å². The molecule has 0 aliphatic heterocycles. The normalized spacial score (nSPS) is 17.5. The van der Waals surface area contributed by atoms with Gasteiger partial charge in [0, 0.05) is 16.5 Å². The summed E-state index contributed by atoms with van der Waals surface area (Å²) in [5.74, 6) is 0.784. The number of carbonyl (C=O) groups excluding carboxylic acids is 1. The molecule has 0 aromatic heterocycles. The minimum absolute atomic E-state index is 0.0867. The molecule has 1 nitrogen and oxygen atoms in total. The van der Waals surface area contributed by atoms with Crippen LogP contribution in [0.4, 0.5) is 0 Å². The van der Waals surface area contributed by atoms with Crippen molar-refractivity contribution in [1.82, 2.24) is 0 Å². The van der Waals surface area contributed by atoms with Gasteiger partial charge in [0.25, 0.3) is 0 Å². The summed E-state index contributed by atoms with van der Waals surface area (Å²) in [6, 6.07) is 5.04. The topological polar surface area (TPSA) is 17.1 Å². The summed E-state index contributed by atoms with van der Waals surface area (Å²) < 4.78 is 0. The summed E-state index contributed by atoms with van der Waals surface area (Å²) in [5.41, 5.74) is 0.598. The molecule has 1 aliphatic carbocycles. The minimum Gasteiger partial charge on any atom is -0.294 e. The maximum Gasteiger partial charge on any atom is 0.167 e.